The summed E-state index contributed by atoms with van der Waals surface area (Å²) >= 11 is 6.36. The highest BCUT2D eigenvalue weighted by atomic mass is 35.5. The second-order valence-electron chi connectivity index (χ2n) is 8.46. The van der Waals surface area contributed by atoms with Crippen LogP contribution in [-0.2, 0) is 0 Å². The van der Waals surface area contributed by atoms with Gasteiger partial charge < -0.3 is 10.0 Å². The topological polar surface area (TPSA) is 40.5 Å². The molecule has 0 heterocycles. The van der Waals surface area contributed by atoms with Gasteiger partial charge in [-0.2, -0.15) is 0 Å². The third-order valence-corrected chi connectivity index (χ3v) is 6.67. The van der Waals surface area contributed by atoms with Crippen molar-refractivity contribution in [1.82, 2.24) is 0 Å². The summed E-state index contributed by atoms with van der Waals surface area (Å²) in [5, 5.41) is 17.4. The predicted molar refractivity (Wildman–Crippen MR) is 146 cm³/mol. The molecular weight excluding hydrogens is 454 g/mol. The molecule has 6 rings (SSSR count). The molecule has 1 N–H and O–H groups in total. The van der Waals surface area contributed by atoms with Crippen molar-refractivity contribution >= 4 is 66.9 Å². The van der Waals surface area contributed by atoms with Crippen molar-refractivity contribution in [2.75, 3.05) is 4.90 Å². The van der Waals surface area contributed by atoms with E-state index >= 15 is 0 Å². The van der Waals surface area contributed by atoms with E-state index in [0.29, 0.717) is 10.7 Å². The molecule has 0 bridgehead atoms. The summed E-state index contributed by atoms with van der Waals surface area (Å²) in [7, 11) is 0. The van der Waals surface area contributed by atoms with Crippen molar-refractivity contribution in [2.45, 2.75) is 0 Å². The third kappa shape index (κ3) is 3.58. The molecular formula is C31H20ClNO2. The molecule has 0 aromatic heterocycles. The average molecular weight is 474 g/mol. The number of rotatable bonds is 4. The molecule has 6 aromatic rings. The molecule has 0 spiro atoms. The summed E-state index contributed by atoms with van der Waals surface area (Å²) in [6.45, 7) is 0. The van der Waals surface area contributed by atoms with E-state index < -0.39 is 5.97 Å². The van der Waals surface area contributed by atoms with Gasteiger partial charge in [0.1, 0.15) is 0 Å². The fourth-order valence-corrected chi connectivity index (χ4v) is 5.08. The molecule has 0 aliphatic carbocycles. The molecule has 0 saturated heterocycles. The van der Waals surface area contributed by atoms with Crippen molar-refractivity contribution in [2.24, 2.45) is 0 Å². The minimum Gasteiger partial charge on any atom is -0.478 e. The first kappa shape index (κ1) is 21.2. The number of halogens is 1. The van der Waals surface area contributed by atoms with E-state index in [2.05, 4.69) is 60.7 Å². The second-order valence-corrected chi connectivity index (χ2v) is 8.90. The van der Waals surface area contributed by atoms with Gasteiger partial charge in [0, 0.05) is 16.4 Å². The zero-order valence-corrected chi connectivity index (χ0v) is 19.4. The Bertz CT molecular complexity index is 1710. The molecule has 6 aromatic carbocycles. The van der Waals surface area contributed by atoms with Crippen molar-refractivity contribution in [1.29, 1.82) is 0 Å². The molecule has 0 atom stereocenters. The van der Waals surface area contributed by atoms with E-state index in [-0.39, 0.29) is 5.56 Å². The van der Waals surface area contributed by atoms with E-state index in [4.69, 9.17) is 11.6 Å². The van der Waals surface area contributed by atoms with Crippen LogP contribution < -0.4 is 4.90 Å². The van der Waals surface area contributed by atoms with Gasteiger partial charge in [0.15, 0.2) is 0 Å². The van der Waals surface area contributed by atoms with E-state index in [1.807, 2.05) is 41.3 Å². The van der Waals surface area contributed by atoms with Gasteiger partial charge in [-0.25, -0.2) is 4.79 Å². The van der Waals surface area contributed by atoms with Gasteiger partial charge in [-0.1, -0.05) is 84.4 Å². The monoisotopic (exact) mass is 473 g/mol. The zero-order chi connectivity index (χ0) is 23.9. The maximum atomic E-state index is 12.2. The van der Waals surface area contributed by atoms with Crippen LogP contribution in [0.3, 0.4) is 0 Å². The van der Waals surface area contributed by atoms with Gasteiger partial charge in [-0.3, -0.25) is 0 Å². The lowest BCUT2D eigenvalue weighted by atomic mass is 9.94. The molecule has 3 nitrogen and oxygen atoms in total. The van der Waals surface area contributed by atoms with E-state index in [1.54, 1.807) is 18.2 Å². The highest BCUT2D eigenvalue weighted by Crippen LogP contribution is 2.42. The maximum absolute atomic E-state index is 12.2. The Hall–Kier alpha value is -4.34. The number of carboxylic acids is 1. The van der Waals surface area contributed by atoms with Gasteiger partial charge in [0.2, 0.25) is 0 Å². The molecule has 0 radical (unpaired) electrons. The van der Waals surface area contributed by atoms with Crippen LogP contribution in [0.2, 0.25) is 5.02 Å². The third-order valence-electron chi connectivity index (χ3n) is 6.43. The van der Waals surface area contributed by atoms with Gasteiger partial charge in [-0.05, 0) is 74.8 Å². The summed E-state index contributed by atoms with van der Waals surface area (Å²) in [6, 6.07) is 37.8. The number of carboxylic acid groups (broad SMARTS) is 1. The fourth-order valence-electron chi connectivity index (χ4n) is 4.91. The SMILES string of the molecule is O=C(O)c1ccc(Cl)cc1N(c1ccccc1)c1ccc2c3ccccc3c3ccccc3c2c1. The highest BCUT2D eigenvalue weighted by Gasteiger charge is 2.21. The Morgan fingerprint density at radius 3 is 1.71 bits per heavy atom. The van der Waals surface area contributed by atoms with Crippen LogP contribution in [0.4, 0.5) is 17.1 Å². The lowest BCUT2D eigenvalue weighted by Crippen LogP contribution is -2.14. The molecule has 0 saturated carbocycles. The molecule has 0 aliphatic heterocycles. The highest BCUT2D eigenvalue weighted by molar-refractivity contribution is 6.31. The van der Waals surface area contributed by atoms with E-state index in [1.165, 1.54) is 16.2 Å². The first-order chi connectivity index (χ1) is 17.1. The molecule has 0 amide bonds. The Labute approximate surface area is 207 Å². The summed E-state index contributed by atoms with van der Waals surface area (Å²) in [4.78, 5) is 14.1. The number of benzene rings is 6. The van der Waals surface area contributed by atoms with E-state index in [0.717, 1.165) is 27.5 Å². The van der Waals surface area contributed by atoms with Gasteiger partial charge >= 0.3 is 5.97 Å². The van der Waals surface area contributed by atoms with Crippen molar-refractivity contribution in [3.8, 4) is 0 Å². The van der Waals surface area contributed by atoms with Crippen LogP contribution in [0, 0.1) is 0 Å². The Balaban J connectivity index is 1.70. The quantitative estimate of drug-likeness (QED) is 0.260. The molecule has 0 fully saturated rings. The van der Waals surface area contributed by atoms with Crippen LogP contribution >= 0.6 is 11.6 Å². The molecule has 0 unspecified atom stereocenters. The summed E-state index contributed by atoms with van der Waals surface area (Å²) in [6.07, 6.45) is 0. The van der Waals surface area contributed by atoms with Crippen LogP contribution in [0.15, 0.2) is 115 Å². The van der Waals surface area contributed by atoms with Crippen LogP contribution in [0.5, 0.6) is 0 Å². The second kappa shape index (κ2) is 8.46. The zero-order valence-electron chi connectivity index (χ0n) is 18.7. The standard InChI is InChI=1S/C31H20ClNO2/c32-20-14-16-28(31(34)35)30(18-20)33(21-8-2-1-3-9-21)22-15-17-27-25-12-5-4-10-23(25)24-11-6-7-13-26(24)29(27)19-22/h1-19H,(H,34,35). The summed E-state index contributed by atoms with van der Waals surface area (Å²) in [5.74, 6) is -1.00. The van der Waals surface area contributed by atoms with Crippen molar-refractivity contribution in [3.05, 3.63) is 126 Å². The number of carbonyl (C=O) groups is 1. The average Bonchev–Trinajstić information content (AvgIpc) is 2.89. The summed E-state index contributed by atoms with van der Waals surface area (Å²) < 4.78 is 0. The van der Waals surface area contributed by atoms with E-state index in [9.17, 15) is 9.90 Å². The lowest BCUT2D eigenvalue weighted by molar-refractivity contribution is 0.0698. The number of hydrogen-bond donors (Lipinski definition) is 1. The smallest absolute Gasteiger partial charge is 0.337 e. The minimum absolute atomic E-state index is 0.182. The number of nitrogens with zero attached hydrogens (tertiary/aromatic N) is 1. The summed E-state index contributed by atoms with van der Waals surface area (Å²) in [5.41, 5.74) is 2.40. The number of para-hydroxylation sites is 1. The van der Waals surface area contributed by atoms with Gasteiger partial charge in [0.05, 0.1) is 11.3 Å². The van der Waals surface area contributed by atoms with Crippen LogP contribution in [0.25, 0.3) is 32.3 Å². The molecule has 4 heteroatoms. The number of hydrogen-bond acceptors (Lipinski definition) is 2. The lowest BCUT2D eigenvalue weighted by Gasteiger charge is -2.27. The first-order valence-electron chi connectivity index (χ1n) is 11.3. The van der Waals surface area contributed by atoms with Crippen LogP contribution in [0.1, 0.15) is 10.4 Å². The number of anilines is 3. The van der Waals surface area contributed by atoms with Crippen LogP contribution in [-0.4, -0.2) is 11.1 Å². The van der Waals surface area contributed by atoms with Gasteiger partial charge in [0.25, 0.3) is 0 Å². The van der Waals surface area contributed by atoms with Gasteiger partial charge in [-0.15, -0.1) is 0 Å². The molecule has 35 heavy (non-hydrogen) atoms. The molecule has 168 valence electrons. The minimum atomic E-state index is -1.00. The maximum Gasteiger partial charge on any atom is 0.337 e. The predicted octanol–water partition coefficient (Wildman–Crippen LogP) is 8.97. The van der Waals surface area contributed by atoms with Crippen molar-refractivity contribution < 1.29 is 9.90 Å². The number of fused-ring (bicyclic) bond motifs is 6. The first-order valence-corrected chi connectivity index (χ1v) is 11.7. The Kier molecular flexibility index (Phi) is 5.13. The number of aromatic carboxylic acids is 1. The fraction of sp³-hybridized carbons (Fsp3) is 0. The van der Waals surface area contributed by atoms with Crippen molar-refractivity contribution in [3.63, 3.8) is 0 Å². The Morgan fingerprint density at radius 2 is 1.11 bits per heavy atom. The molecule has 0 aliphatic rings. The Morgan fingerprint density at radius 1 is 0.571 bits per heavy atom. The largest absolute Gasteiger partial charge is 0.478 e. The normalized spacial score (nSPS) is 11.2.